The van der Waals surface area contributed by atoms with E-state index in [0.717, 1.165) is 33.7 Å². The predicted octanol–water partition coefficient (Wildman–Crippen LogP) is 3.40. The summed E-state index contributed by atoms with van der Waals surface area (Å²) in [5, 5.41) is 2.87. The van der Waals surface area contributed by atoms with E-state index < -0.39 is 22.0 Å². The van der Waals surface area contributed by atoms with Crippen molar-refractivity contribution < 1.29 is 18.0 Å². The zero-order valence-electron chi connectivity index (χ0n) is 20.2. The first-order valence-corrected chi connectivity index (χ1v) is 13.1. The number of amides is 2. The largest absolute Gasteiger partial charge is 0.354 e. The first-order valence-electron chi connectivity index (χ1n) is 11.2. The molecule has 0 unspecified atom stereocenters. The van der Waals surface area contributed by atoms with Crippen molar-refractivity contribution >= 4 is 27.5 Å². The fourth-order valence-corrected chi connectivity index (χ4v) is 4.65. The Labute approximate surface area is 197 Å². The van der Waals surface area contributed by atoms with E-state index in [9.17, 15) is 18.0 Å². The Morgan fingerprint density at radius 2 is 1.70 bits per heavy atom. The molecule has 0 saturated heterocycles. The third-order valence-electron chi connectivity index (χ3n) is 5.43. The van der Waals surface area contributed by atoms with Gasteiger partial charge in [-0.05, 0) is 43.9 Å². The van der Waals surface area contributed by atoms with Gasteiger partial charge in [0.05, 0.1) is 11.9 Å². The third kappa shape index (κ3) is 7.32. The molecule has 180 valence electrons. The molecule has 2 amide bonds. The van der Waals surface area contributed by atoms with Gasteiger partial charge in [-0.15, -0.1) is 0 Å². The summed E-state index contributed by atoms with van der Waals surface area (Å²) >= 11 is 0. The molecule has 1 N–H and O–H groups in total. The van der Waals surface area contributed by atoms with Crippen LogP contribution in [0.2, 0.25) is 0 Å². The molecule has 0 radical (unpaired) electrons. The lowest BCUT2D eigenvalue weighted by Gasteiger charge is -2.33. The van der Waals surface area contributed by atoms with Crippen molar-refractivity contribution in [2.45, 2.75) is 53.1 Å². The average molecular weight is 474 g/mol. The summed E-state index contributed by atoms with van der Waals surface area (Å²) in [6.07, 6.45) is 2.28. The molecule has 0 aliphatic heterocycles. The van der Waals surface area contributed by atoms with E-state index in [1.165, 1.54) is 4.90 Å². The summed E-state index contributed by atoms with van der Waals surface area (Å²) < 4.78 is 26.5. The lowest BCUT2D eigenvalue weighted by Crippen LogP contribution is -2.52. The SMILES string of the molecule is CCCNC(=O)[C@@H](CC)N(Cc1ccccc1)C(=O)CN(c1ccc(C)cc1C)S(C)(=O)=O. The molecule has 0 fully saturated rings. The van der Waals surface area contributed by atoms with Crippen LogP contribution in [0.4, 0.5) is 5.69 Å². The first kappa shape index (κ1) is 26.4. The molecule has 33 heavy (non-hydrogen) atoms. The molecular weight excluding hydrogens is 438 g/mol. The lowest BCUT2D eigenvalue weighted by molar-refractivity contribution is -0.140. The van der Waals surface area contributed by atoms with Crippen molar-refractivity contribution in [3.8, 4) is 0 Å². The van der Waals surface area contributed by atoms with E-state index in [2.05, 4.69) is 5.32 Å². The molecule has 2 rings (SSSR count). The van der Waals surface area contributed by atoms with Crippen LogP contribution in [-0.2, 0) is 26.2 Å². The predicted molar refractivity (Wildman–Crippen MR) is 132 cm³/mol. The van der Waals surface area contributed by atoms with E-state index in [1.807, 2.05) is 70.2 Å². The quantitative estimate of drug-likeness (QED) is 0.542. The zero-order chi connectivity index (χ0) is 24.6. The Bertz CT molecular complexity index is 1050. The van der Waals surface area contributed by atoms with Crippen molar-refractivity contribution in [2.75, 3.05) is 23.7 Å². The standard InChI is InChI=1S/C25H35N3O4S/c1-6-15-26-25(30)22(7-2)27(17-21-11-9-8-10-12-21)24(29)18-28(33(5,31)32)23-14-13-19(3)16-20(23)4/h8-14,16,22H,6-7,15,17-18H2,1-5H3,(H,26,30)/t22-/m1/s1. The summed E-state index contributed by atoms with van der Waals surface area (Å²) in [5.74, 6) is -0.663. The van der Waals surface area contributed by atoms with Gasteiger partial charge in [0, 0.05) is 13.1 Å². The van der Waals surface area contributed by atoms with Gasteiger partial charge < -0.3 is 10.2 Å². The van der Waals surface area contributed by atoms with Gasteiger partial charge in [0.1, 0.15) is 12.6 Å². The van der Waals surface area contributed by atoms with E-state index in [1.54, 1.807) is 6.07 Å². The van der Waals surface area contributed by atoms with Crippen LogP contribution in [0.5, 0.6) is 0 Å². The Balaban J connectivity index is 2.43. The molecule has 8 heteroatoms. The number of carbonyl (C=O) groups excluding carboxylic acids is 2. The first-order chi connectivity index (χ1) is 15.6. The molecule has 0 aromatic heterocycles. The monoisotopic (exact) mass is 473 g/mol. The minimum absolute atomic E-state index is 0.211. The maximum atomic E-state index is 13.6. The van der Waals surface area contributed by atoms with E-state index in [4.69, 9.17) is 0 Å². The highest BCUT2D eigenvalue weighted by Crippen LogP contribution is 2.24. The lowest BCUT2D eigenvalue weighted by atomic mass is 10.1. The van der Waals surface area contributed by atoms with E-state index >= 15 is 0 Å². The maximum absolute atomic E-state index is 13.6. The van der Waals surface area contributed by atoms with Gasteiger partial charge in [0.15, 0.2) is 0 Å². The number of carbonyl (C=O) groups is 2. The molecule has 7 nitrogen and oxygen atoms in total. The fraction of sp³-hybridized carbons (Fsp3) is 0.440. The van der Waals surface area contributed by atoms with E-state index in [-0.39, 0.29) is 19.0 Å². The molecule has 0 aliphatic rings. The van der Waals surface area contributed by atoms with Crippen LogP contribution in [0.15, 0.2) is 48.5 Å². The number of nitrogens with zero attached hydrogens (tertiary/aromatic N) is 2. The average Bonchev–Trinajstić information content (AvgIpc) is 2.76. The van der Waals surface area contributed by atoms with Gasteiger partial charge in [-0.25, -0.2) is 8.42 Å². The van der Waals surface area contributed by atoms with Crippen LogP contribution in [-0.4, -0.2) is 50.5 Å². The summed E-state index contributed by atoms with van der Waals surface area (Å²) in [7, 11) is -3.74. The maximum Gasteiger partial charge on any atom is 0.244 e. The zero-order valence-corrected chi connectivity index (χ0v) is 21.0. The number of hydrogen-bond donors (Lipinski definition) is 1. The summed E-state index contributed by atoms with van der Waals surface area (Å²) in [4.78, 5) is 27.9. The molecular formula is C25H35N3O4S. The number of sulfonamides is 1. The molecule has 1 atom stereocenters. The summed E-state index contributed by atoms with van der Waals surface area (Å²) in [6, 6.07) is 14.1. The minimum Gasteiger partial charge on any atom is -0.354 e. The van der Waals surface area contributed by atoms with Gasteiger partial charge in [-0.1, -0.05) is 61.9 Å². The smallest absolute Gasteiger partial charge is 0.244 e. The van der Waals surface area contributed by atoms with Gasteiger partial charge in [0.25, 0.3) is 0 Å². The molecule has 2 aromatic carbocycles. The summed E-state index contributed by atoms with van der Waals surface area (Å²) in [5.41, 5.74) is 3.08. The number of hydrogen-bond acceptors (Lipinski definition) is 4. The van der Waals surface area contributed by atoms with Crippen LogP contribution in [0.1, 0.15) is 43.4 Å². The molecule has 0 aliphatic carbocycles. The second-order valence-electron chi connectivity index (χ2n) is 8.28. The fourth-order valence-electron chi connectivity index (χ4n) is 3.75. The van der Waals surface area contributed by atoms with Crippen molar-refractivity contribution in [1.82, 2.24) is 10.2 Å². The van der Waals surface area contributed by atoms with Crippen LogP contribution in [0.3, 0.4) is 0 Å². The van der Waals surface area contributed by atoms with Crippen molar-refractivity contribution in [2.24, 2.45) is 0 Å². The molecule has 0 saturated carbocycles. The number of anilines is 1. The topological polar surface area (TPSA) is 86.8 Å². The Morgan fingerprint density at radius 3 is 2.24 bits per heavy atom. The molecule has 0 heterocycles. The Morgan fingerprint density at radius 1 is 1.03 bits per heavy atom. The van der Waals surface area contributed by atoms with Gasteiger partial charge >= 0.3 is 0 Å². The second kappa shape index (κ2) is 11.8. The minimum atomic E-state index is -3.74. The number of rotatable bonds is 11. The molecule has 0 bridgehead atoms. The molecule has 0 spiro atoms. The van der Waals surface area contributed by atoms with Crippen LogP contribution < -0.4 is 9.62 Å². The Kier molecular flexibility index (Phi) is 9.46. The Hall–Kier alpha value is -2.87. The van der Waals surface area contributed by atoms with Crippen molar-refractivity contribution in [3.05, 3.63) is 65.2 Å². The second-order valence-corrected chi connectivity index (χ2v) is 10.2. The number of nitrogens with one attached hydrogen (secondary N) is 1. The number of aryl methyl sites for hydroxylation is 2. The molecule has 2 aromatic rings. The highest BCUT2D eigenvalue weighted by atomic mass is 32.2. The highest BCUT2D eigenvalue weighted by molar-refractivity contribution is 7.92. The van der Waals surface area contributed by atoms with Crippen LogP contribution in [0.25, 0.3) is 0 Å². The van der Waals surface area contributed by atoms with Gasteiger partial charge in [0.2, 0.25) is 21.8 Å². The van der Waals surface area contributed by atoms with Crippen LogP contribution in [0, 0.1) is 13.8 Å². The number of benzene rings is 2. The summed E-state index contributed by atoms with van der Waals surface area (Å²) in [6.45, 7) is 7.90. The normalized spacial score (nSPS) is 12.2. The van der Waals surface area contributed by atoms with Gasteiger partial charge in [-0.2, -0.15) is 0 Å². The van der Waals surface area contributed by atoms with Crippen molar-refractivity contribution in [1.29, 1.82) is 0 Å². The van der Waals surface area contributed by atoms with Gasteiger partial charge in [-0.3, -0.25) is 13.9 Å². The third-order valence-corrected chi connectivity index (χ3v) is 6.56. The van der Waals surface area contributed by atoms with Crippen molar-refractivity contribution in [3.63, 3.8) is 0 Å². The van der Waals surface area contributed by atoms with Crippen LogP contribution >= 0.6 is 0 Å². The highest BCUT2D eigenvalue weighted by Gasteiger charge is 2.31. The van der Waals surface area contributed by atoms with E-state index in [0.29, 0.717) is 18.7 Å².